The fraction of sp³-hybridized carbons (Fsp3) is 0.385. The molecule has 11 heteroatoms. The first-order valence-electron chi connectivity index (χ1n) is 12.3. The van der Waals surface area contributed by atoms with Crippen molar-refractivity contribution in [3.63, 3.8) is 0 Å². The van der Waals surface area contributed by atoms with Gasteiger partial charge in [-0.05, 0) is 43.5 Å². The number of pyridine rings is 1. The minimum Gasteiger partial charge on any atom is -0.451 e. The molecule has 3 heterocycles. The lowest BCUT2D eigenvalue weighted by molar-refractivity contribution is -0.128. The second-order valence-electron chi connectivity index (χ2n) is 8.99. The fourth-order valence-electron chi connectivity index (χ4n) is 4.26. The lowest BCUT2D eigenvalue weighted by Gasteiger charge is -2.22. The van der Waals surface area contributed by atoms with E-state index in [-0.39, 0.29) is 30.3 Å². The highest BCUT2D eigenvalue weighted by atomic mass is 32.2. The van der Waals surface area contributed by atoms with Gasteiger partial charge in [0.15, 0.2) is 16.6 Å². The normalized spacial score (nSPS) is 17.8. The van der Waals surface area contributed by atoms with Gasteiger partial charge in [-0.15, -0.1) is 0 Å². The van der Waals surface area contributed by atoms with Gasteiger partial charge in [-0.25, -0.2) is 13.4 Å². The average molecular weight is 527 g/mol. The smallest absolute Gasteiger partial charge is 0.287 e. The third-order valence-corrected chi connectivity index (χ3v) is 8.06. The van der Waals surface area contributed by atoms with Crippen LogP contribution in [-0.2, 0) is 19.6 Å². The standard InChI is InChI=1S/C26H30N4O6S/c1-2-3-10-20(29-26(33)23-16-18-9-4-5-12-22(18)36-23)25(32)28-19-11-8-15-30(17-21(19)31)37(34,35)24-13-6-7-14-27-24/h4-7,9,12-14,16,19-20H,2-3,8,10-11,15,17H2,1H3,(H,28,32)(H,29,33)/t19?,20-/m0/s1. The Bertz CT molecular complexity index is 1340. The molecule has 0 spiro atoms. The van der Waals surface area contributed by atoms with Crippen LogP contribution in [0.2, 0.25) is 0 Å². The molecule has 0 saturated carbocycles. The SMILES string of the molecule is CCCC[C@H](NC(=O)c1cc2ccccc2o1)C(=O)NC1CCCN(S(=O)(=O)c2ccccn2)CC1=O. The van der Waals surface area contributed by atoms with Crippen molar-refractivity contribution in [1.82, 2.24) is 19.9 Å². The highest BCUT2D eigenvalue weighted by molar-refractivity contribution is 7.89. The summed E-state index contributed by atoms with van der Waals surface area (Å²) in [7, 11) is -3.94. The summed E-state index contributed by atoms with van der Waals surface area (Å²) in [6.45, 7) is 1.75. The molecule has 2 atom stereocenters. The zero-order chi connectivity index (χ0) is 26.4. The number of hydrogen-bond acceptors (Lipinski definition) is 7. The Morgan fingerprint density at radius 2 is 1.97 bits per heavy atom. The van der Waals surface area contributed by atoms with E-state index in [1.165, 1.54) is 12.3 Å². The summed E-state index contributed by atoms with van der Waals surface area (Å²) in [5.74, 6) is -1.33. The van der Waals surface area contributed by atoms with Crippen LogP contribution in [-0.4, -0.2) is 60.5 Å². The quantitative estimate of drug-likeness (QED) is 0.437. The summed E-state index contributed by atoms with van der Waals surface area (Å²) < 4.78 is 32.6. The number of carbonyl (C=O) groups excluding carboxylic acids is 3. The first kappa shape index (κ1) is 26.5. The van der Waals surface area contributed by atoms with E-state index < -0.39 is 39.7 Å². The summed E-state index contributed by atoms with van der Waals surface area (Å²) in [6, 6.07) is 11.7. The minimum absolute atomic E-state index is 0.0939. The number of nitrogens with zero attached hydrogens (tertiary/aromatic N) is 2. The molecular formula is C26H30N4O6S. The lowest BCUT2D eigenvalue weighted by atomic mass is 10.1. The van der Waals surface area contributed by atoms with Crippen LogP contribution in [0.4, 0.5) is 0 Å². The average Bonchev–Trinajstić information content (AvgIpc) is 3.25. The van der Waals surface area contributed by atoms with Gasteiger partial charge in [-0.3, -0.25) is 14.4 Å². The van der Waals surface area contributed by atoms with Crippen molar-refractivity contribution < 1.29 is 27.2 Å². The maximum atomic E-state index is 13.2. The van der Waals surface area contributed by atoms with E-state index in [0.29, 0.717) is 24.8 Å². The number of unbranched alkanes of at least 4 members (excludes halogenated alkanes) is 1. The minimum atomic E-state index is -3.94. The summed E-state index contributed by atoms with van der Waals surface area (Å²) in [6.07, 6.45) is 3.94. The molecule has 0 radical (unpaired) electrons. The lowest BCUT2D eigenvalue weighted by Crippen LogP contribution is -2.52. The van der Waals surface area contributed by atoms with Gasteiger partial charge in [0, 0.05) is 18.1 Å². The van der Waals surface area contributed by atoms with Gasteiger partial charge in [0.1, 0.15) is 11.6 Å². The highest BCUT2D eigenvalue weighted by Crippen LogP contribution is 2.20. The molecule has 1 aliphatic heterocycles. The largest absolute Gasteiger partial charge is 0.451 e. The molecule has 3 aromatic rings. The topological polar surface area (TPSA) is 139 Å². The van der Waals surface area contributed by atoms with Gasteiger partial charge in [-0.1, -0.05) is 44.0 Å². The molecule has 37 heavy (non-hydrogen) atoms. The molecule has 10 nitrogen and oxygen atoms in total. The van der Waals surface area contributed by atoms with Crippen molar-refractivity contribution >= 4 is 38.6 Å². The van der Waals surface area contributed by atoms with Crippen LogP contribution in [0, 0.1) is 0 Å². The van der Waals surface area contributed by atoms with Crippen molar-refractivity contribution in [2.45, 2.75) is 56.1 Å². The van der Waals surface area contributed by atoms with Crippen LogP contribution >= 0.6 is 0 Å². The number of carbonyl (C=O) groups is 3. The van der Waals surface area contributed by atoms with Crippen LogP contribution in [0.15, 0.2) is 64.2 Å². The van der Waals surface area contributed by atoms with Crippen molar-refractivity contribution in [3.05, 3.63) is 60.5 Å². The molecule has 4 rings (SSSR count). The number of furan rings is 1. The summed E-state index contributed by atoms with van der Waals surface area (Å²) in [5, 5.41) is 6.12. The fourth-order valence-corrected chi connectivity index (χ4v) is 5.63. The molecule has 2 N–H and O–H groups in total. The maximum Gasteiger partial charge on any atom is 0.287 e. The third-order valence-electron chi connectivity index (χ3n) is 6.30. The van der Waals surface area contributed by atoms with E-state index >= 15 is 0 Å². The number of aromatic nitrogens is 1. The van der Waals surface area contributed by atoms with Gasteiger partial charge in [0.05, 0.1) is 12.6 Å². The van der Waals surface area contributed by atoms with E-state index in [4.69, 9.17) is 4.42 Å². The molecule has 1 saturated heterocycles. The number of fused-ring (bicyclic) bond motifs is 1. The second-order valence-corrected chi connectivity index (χ2v) is 10.9. The van der Waals surface area contributed by atoms with E-state index in [2.05, 4.69) is 15.6 Å². The molecule has 0 bridgehead atoms. The summed E-state index contributed by atoms with van der Waals surface area (Å²) >= 11 is 0. The van der Waals surface area contributed by atoms with Gasteiger partial charge >= 0.3 is 0 Å². The molecule has 2 amide bonds. The van der Waals surface area contributed by atoms with Crippen molar-refractivity contribution in [2.24, 2.45) is 0 Å². The first-order chi connectivity index (χ1) is 17.8. The molecule has 2 aromatic heterocycles. The molecule has 1 fully saturated rings. The molecule has 1 unspecified atom stereocenters. The third kappa shape index (κ3) is 6.23. The number of sulfonamides is 1. The van der Waals surface area contributed by atoms with Crippen LogP contribution in [0.25, 0.3) is 11.0 Å². The van der Waals surface area contributed by atoms with Gasteiger partial charge < -0.3 is 15.1 Å². The molecule has 0 aliphatic carbocycles. The van der Waals surface area contributed by atoms with E-state index in [1.807, 2.05) is 19.1 Å². The van der Waals surface area contributed by atoms with E-state index in [9.17, 15) is 22.8 Å². The number of benzene rings is 1. The first-order valence-corrected chi connectivity index (χ1v) is 13.8. The van der Waals surface area contributed by atoms with Crippen molar-refractivity contribution in [3.8, 4) is 0 Å². The number of hydrogen-bond donors (Lipinski definition) is 2. The Balaban J connectivity index is 1.43. The van der Waals surface area contributed by atoms with E-state index in [1.54, 1.807) is 30.3 Å². The monoisotopic (exact) mass is 526 g/mol. The van der Waals surface area contributed by atoms with Crippen LogP contribution in [0.3, 0.4) is 0 Å². The Kier molecular flexibility index (Phi) is 8.34. The molecule has 1 aromatic carbocycles. The van der Waals surface area contributed by atoms with Gasteiger partial charge in [-0.2, -0.15) is 4.31 Å². The van der Waals surface area contributed by atoms with E-state index in [0.717, 1.165) is 16.1 Å². The Morgan fingerprint density at radius 3 is 2.70 bits per heavy atom. The summed E-state index contributed by atoms with van der Waals surface area (Å²) in [4.78, 5) is 42.9. The number of ketones is 1. The maximum absolute atomic E-state index is 13.2. The highest BCUT2D eigenvalue weighted by Gasteiger charge is 2.34. The molecule has 196 valence electrons. The van der Waals surface area contributed by atoms with Crippen LogP contribution < -0.4 is 10.6 Å². The zero-order valence-electron chi connectivity index (χ0n) is 20.6. The number of rotatable bonds is 9. The van der Waals surface area contributed by atoms with Crippen LogP contribution in [0.5, 0.6) is 0 Å². The zero-order valence-corrected chi connectivity index (χ0v) is 21.4. The van der Waals surface area contributed by atoms with Crippen molar-refractivity contribution in [2.75, 3.05) is 13.1 Å². The number of Topliss-reactive ketones (excluding diaryl/α,β-unsaturated/α-hetero) is 1. The number of amides is 2. The number of nitrogens with one attached hydrogen (secondary N) is 2. The molecule has 1 aliphatic rings. The predicted molar refractivity (Wildman–Crippen MR) is 136 cm³/mol. The Labute approximate surface area is 215 Å². The number of para-hydroxylation sites is 1. The van der Waals surface area contributed by atoms with Crippen molar-refractivity contribution in [1.29, 1.82) is 0 Å². The Hall–Kier alpha value is -3.57. The predicted octanol–water partition coefficient (Wildman–Crippen LogP) is 2.66. The van der Waals surface area contributed by atoms with Crippen LogP contribution in [0.1, 0.15) is 49.6 Å². The van der Waals surface area contributed by atoms with Gasteiger partial charge in [0.2, 0.25) is 5.91 Å². The second kappa shape index (κ2) is 11.7. The summed E-state index contributed by atoms with van der Waals surface area (Å²) in [5.41, 5.74) is 0.566. The molecular weight excluding hydrogens is 496 g/mol. The van der Waals surface area contributed by atoms with Gasteiger partial charge in [0.25, 0.3) is 15.9 Å². The Morgan fingerprint density at radius 1 is 1.19 bits per heavy atom.